The van der Waals surface area contributed by atoms with Gasteiger partial charge in [0.25, 0.3) is 0 Å². The molecule has 9 heteroatoms. The average Bonchev–Trinajstić information content (AvgIpc) is 3.13. The van der Waals surface area contributed by atoms with Crippen LogP contribution < -0.4 is 9.46 Å². The van der Waals surface area contributed by atoms with Gasteiger partial charge in [-0.15, -0.1) is 0 Å². The largest absolute Gasteiger partial charge is 0.424 e. The number of anilines is 1. The molecule has 0 fully saturated rings. The van der Waals surface area contributed by atoms with Gasteiger partial charge in [-0.3, -0.25) is 4.72 Å². The first-order valence-corrected chi connectivity index (χ1v) is 12.4. The van der Waals surface area contributed by atoms with E-state index in [9.17, 15) is 13.7 Å². The summed E-state index contributed by atoms with van der Waals surface area (Å²) in [5, 5.41) is 10.3. The van der Waals surface area contributed by atoms with Crippen molar-refractivity contribution in [1.29, 1.82) is 5.26 Å². The smallest absolute Gasteiger partial charge is 0.321 e. The number of nitrogens with zero attached hydrogens (tertiary/aromatic N) is 4. The zero-order valence-corrected chi connectivity index (χ0v) is 20.2. The summed E-state index contributed by atoms with van der Waals surface area (Å²) in [7, 11) is -3.45. The number of rotatable bonds is 7. The van der Waals surface area contributed by atoms with Gasteiger partial charge in [-0.1, -0.05) is 12.1 Å². The van der Waals surface area contributed by atoms with Crippen molar-refractivity contribution >= 4 is 26.6 Å². The quantitative estimate of drug-likeness (QED) is 0.378. The lowest BCUT2D eigenvalue weighted by Crippen LogP contribution is -2.22. The highest BCUT2D eigenvalue weighted by molar-refractivity contribution is 7.93. The molecule has 0 radical (unpaired) electrons. The SMILES string of the molecule is CC(C)n1c(-c2ccc(NS(=O)(=O)C(C)C)cc2)c(C#N)c2ccc(Oc3ncccn3)cc21. The minimum absolute atomic E-state index is 0.0435. The van der Waals surface area contributed by atoms with Crippen LogP contribution in [-0.4, -0.2) is 28.2 Å². The summed E-state index contributed by atoms with van der Waals surface area (Å²) in [5.74, 6) is 0.563. The van der Waals surface area contributed by atoms with E-state index in [0.717, 1.165) is 22.2 Å². The molecule has 4 aromatic rings. The van der Waals surface area contributed by atoms with Crippen LogP contribution >= 0.6 is 0 Å². The number of fused-ring (bicyclic) bond motifs is 1. The van der Waals surface area contributed by atoms with Crippen LogP contribution in [0.25, 0.3) is 22.2 Å². The van der Waals surface area contributed by atoms with Gasteiger partial charge in [-0.2, -0.15) is 5.26 Å². The fraction of sp³-hybridized carbons (Fsp3) is 0.240. The topological polar surface area (TPSA) is 110 Å². The Kier molecular flexibility index (Phi) is 6.26. The molecule has 0 unspecified atom stereocenters. The normalized spacial score (nSPS) is 11.7. The van der Waals surface area contributed by atoms with Crippen LogP contribution in [0.15, 0.2) is 60.9 Å². The third-order valence-electron chi connectivity index (χ3n) is 5.39. The van der Waals surface area contributed by atoms with Crippen LogP contribution in [0.4, 0.5) is 5.69 Å². The monoisotopic (exact) mass is 475 g/mol. The molecule has 2 aromatic carbocycles. The van der Waals surface area contributed by atoms with Crippen molar-refractivity contribution in [2.45, 2.75) is 39.0 Å². The van der Waals surface area contributed by atoms with E-state index in [1.807, 2.05) is 38.1 Å². The standard InChI is InChI=1S/C25H25N5O3S/c1-16(2)30-23-14-20(33-25-27-12-5-13-28-25)10-11-21(23)22(15-26)24(30)18-6-8-19(9-7-18)29-34(31,32)17(3)4/h5-14,16-17,29H,1-4H3. The number of aromatic nitrogens is 3. The lowest BCUT2D eigenvalue weighted by atomic mass is 10.1. The predicted molar refractivity (Wildman–Crippen MR) is 132 cm³/mol. The Balaban J connectivity index is 1.80. The number of hydrogen-bond donors (Lipinski definition) is 1. The van der Waals surface area contributed by atoms with Crippen LogP contribution in [0.1, 0.15) is 39.3 Å². The molecule has 0 aliphatic rings. The summed E-state index contributed by atoms with van der Waals surface area (Å²) in [6.45, 7) is 7.34. The zero-order valence-electron chi connectivity index (χ0n) is 19.4. The van der Waals surface area contributed by atoms with E-state index in [1.165, 1.54) is 0 Å². The van der Waals surface area contributed by atoms with Crippen molar-refractivity contribution in [3.63, 3.8) is 0 Å². The summed E-state index contributed by atoms with van der Waals surface area (Å²) in [4.78, 5) is 8.20. The van der Waals surface area contributed by atoms with Gasteiger partial charge in [0.2, 0.25) is 10.0 Å². The minimum Gasteiger partial charge on any atom is -0.424 e. The molecule has 0 saturated carbocycles. The molecule has 0 saturated heterocycles. The Morgan fingerprint density at radius 3 is 2.29 bits per heavy atom. The molecule has 0 amide bonds. The number of benzene rings is 2. The lowest BCUT2D eigenvalue weighted by molar-refractivity contribution is 0.442. The van der Waals surface area contributed by atoms with Gasteiger partial charge < -0.3 is 9.30 Å². The van der Waals surface area contributed by atoms with E-state index in [4.69, 9.17) is 4.74 Å². The Labute approximate surface area is 198 Å². The maximum absolute atomic E-state index is 12.2. The van der Waals surface area contributed by atoms with Gasteiger partial charge in [0.05, 0.1) is 22.0 Å². The first-order valence-electron chi connectivity index (χ1n) is 10.9. The van der Waals surface area contributed by atoms with Gasteiger partial charge in [0.15, 0.2) is 0 Å². The van der Waals surface area contributed by atoms with Crippen LogP contribution in [0.2, 0.25) is 0 Å². The fourth-order valence-corrected chi connectivity index (χ4v) is 4.41. The maximum Gasteiger partial charge on any atom is 0.321 e. The van der Waals surface area contributed by atoms with Crippen LogP contribution in [0, 0.1) is 11.3 Å². The lowest BCUT2D eigenvalue weighted by Gasteiger charge is -2.16. The van der Waals surface area contributed by atoms with E-state index in [-0.39, 0.29) is 12.1 Å². The van der Waals surface area contributed by atoms with Crippen LogP contribution in [0.5, 0.6) is 11.8 Å². The molecule has 174 valence electrons. The molecule has 34 heavy (non-hydrogen) atoms. The first-order chi connectivity index (χ1) is 16.2. The fourth-order valence-electron chi connectivity index (χ4n) is 3.71. The van der Waals surface area contributed by atoms with Crippen molar-refractivity contribution in [3.8, 4) is 29.1 Å². The molecule has 1 N–H and O–H groups in total. The van der Waals surface area contributed by atoms with Crippen molar-refractivity contribution < 1.29 is 13.2 Å². The third-order valence-corrected chi connectivity index (χ3v) is 7.16. The molecule has 0 aliphatic carbocycles. The minimum atomic E-state index is -3.45. The molecule has 0 atom stereocenters. The number of hydrogen-bond acceptors (Lipinski definition) is 6. The second kappa shape index (κ2) is 9.15. The number of nitriles is 1. The van der Waals surface area contributed by atoms with Gasteiger partial charge in [0, 0.05) is 35.6 Å². The van der Waals surface area contributed by atoms with Crippen molar-refractivity contribution in [3.05, 3.63) is 66.5 Å². The Bertz CT molecular complexity index is 1470. The van der Waals surface area contributed by atoms with Crippen LogP contribution in [-0.2, 0) is 10.0 Å². The van der Waals surface area contributed by atoms with Crippen molar-refractivity contribution in [2.75, 3.05) is 4.72 Å². The third kappa shape index (κ3) is 4.45. The molecule has 8 nitrogen and oxygen atoms in total. The van der Waals surface area contributed by atoms with Gasteiger partial charge in [0.1, 0.15) is 11.8 Å². The van der Waals surface area contributed by atoms with E-state index in [0.29, 0.717) is 17.0 Å². The predicted octanol–water partition coefficient (Wildman–Crippen LogP) is 5.49. The van der Waals surface area contributed by atoms with Crippen LogP contribution in [0.3, 0.4) is 0 Å². The summed E-state index contributed by atoms with van der Waals surface area (Å²) in [6.07, 6.45) is 3.21. The molecule has 0 spiro atoms. The number of nitrogens with one attached hydrogen (secondary N) is 1. The van der Waals surface area contributed by atoms with Crippen molar-refractivity contribution in [1.82, 2.24) is 14.5 Å². The number of sulfonamides is 1. The molecule has 2 aromatic heterocycles. The number of ether oxygens (including phenoxy) is 1. The summed E-state index contributed by atoms with van der Waals surface area (Å²) >= 11 is 0. The van der Waals surface area contributed by atoms with E-state index in [1.54, 1.807) is 50.5 Å². The average molecular weight is 476 g/mol. The maximum atomic E-state index is 12.2. The van der Waals surface area contributed by atoms with Gasteiger partial charge in [-0.25, -0.2) is 18.4 Å². The zero-order chi connectivity index (χ0) is 24.5. The molecular weight excluding hydrogens is 450 g/mol. The molecule has 0 bridgehead atoms. The molecule has 4 rings (SSSR count). The molecular formula is C25H25N5O3S. The van der Waals surface area contributed by atoms with E-state index < -0.39 is 15.3 Å². The second-order valence-corrected chi connectivity index (χ2v) is 10.6. The Morgan fingerprint density at radius 1 is 1.03 bits per heavy atom. The van der Waals surface area contributed by atoms with Gasteiger partial charge in [-0.05, 0) is 63.6 Å². The highest BCUT2D eigenvalue weighted by atomic mass is 32.2. The summed E-state index contributed by atoms with van der Waals surface area (Å²) in [6, 6.07) is 16.9. The highest BCUT2D eigenvalue weighted by Gasteiger charge is 2.22. The highest BCUT2D eigenvalue weighted by Crippen LogP contribution is 2.38. The van der Waals surface area contributed by atoms with Crippen molar-refractivity contribution in [2.24, 2.45) is 0 Å². The van der Waals surface area contributed by atoms with E-state index >= 15 is 0 Å². The van der Waals surface area contributed by atoms with Gasteiger partial charge >= 0.3 is 6.01 Å². The Morgan fingerprint density at radius 2 is 1.71 bits per heavy atom. The summed E-state index contributed by atoms with van der Waals surface area (Å²) in [5.41, 5.74) is 3.43. The summed E-state index contributed by atoms with van der Waals surface area (Å²) < 4.78 is 34.9. The Hall–Kier alpha value is -3.90. The second-order valence-electron chi connectivity index (χ2n) is 8.38. The molecule has 2 heterocycles. The van der Waals surface area contributed by atoms with E-state index in [2.05, 4.69) is 25.3 Å². The molecule has 0 aliphatic heterocycles. The first kappa shape index (κ1) is 23.3.